The van der Waals surface area contributed by atoms with Crippen molar-refractivity contribution in [3.8, 4) is 0 Å². The lowest BCUT2D eigenvalue weighted by Crippen LogP contribution is -2.44. The van der Waals surface area contributed by atoms with Crippen molar-refractivity contribution in [2.75, 3.05) is 13.7 Å². The average Bonchev–Trinajstić information content (AvgIpc) is 2.90. The van der Waals surface area contributed by atoms with Crippen LogP contribution < -0.4 is 5.73 Å². The number of nitrogens with two attached hydrogens (primary N) is 1. The zero-order valence-corrected chi connectivity index (χ0v) is 17.2. The SMILES string of the molecule is CN1C(=O)[C@@](CCC2CCCCC2)(C[C@H]2CCC[C@H](CCCO)C2)N=C1N. The maximum absolute atomic E-state index is 13.1. The smallest absolute Gasteiger partial charge is 0.257 e. The minimum absolute atomic E-state index is 0.119. The number of hydrogen-bond acceptors (Lipinski definition) is 4. The largest absolute Gasteiger partial charge is 0.396 e. The molecule has 0 spiro atoms. The van der Waals surface area contributed by atoms with Crippen LogP contribution >= 0.6 is 0 Å². The monoisotopic (exact) mass is 377 g/mol. The molecule has 1 amide bonds. The number of rotatable bonds is 8. The quantitative estimate of drug-likeness (QED) is 0.674. The first-order valence-corrected chi connectivity index (χ1v) is 11.3. The Kier molecular flexibility index (Phi) is 7.18. The standard InChI is InChI=1S/C22H39N3O2/c1-25-20(27)22(24-21(25)23,13-12-17-7-3-2-4-8-17)16-19-10-5-9-18(15-19)11-6-14-26/h17-19,26H,2-16H2,1H3,(H2,23,24)/t18-,19+,22-/m1/s1. The van der Waals surface area contributed by atoms with Crippen molar-refractivity contribution in [1.29, 1.82) is 0 Å². The van der Waals surface area contributed by atoms with E-state index in [0.717, 1.165) is 38.0 Å². The van der Waals surface area contributed by atoms with E-state index in [0.29, 0.717) is 17.8 Å². The van der Waals surface area contributed by atoms with Gasteiger partial charge in [0.2, 0.25) is 0 Å². The van der Waals surface area contributed by atoms with E-state index >= 15 is 0 Å². The summed E-state index contributed by atoms with van der Waals surface area (Å²) in [5, 5.41) is 9.14. The first-order chi connectivity index (χ1) is 13.0. The van der Waals surface area contributed by atoms with Gasteiger partial charge in [0, 0.05) is 13.7 Å². The van der Waals surface area contributed by atoms with Gasteiger partial charge in [-0.3, -0.25) is 9.69 Å². The first kappa shape index (κ1) is 20.6. The summed E-state index contributed by atoms with van der Waals surface area (Å²) in [7, 11) is 1.77. The minimum Gasteiger partial charge on any atom is -0.396 e. The molecule has 154 valence electrons. The van der Waals surface area contributed by atoms with Gasteiger partial charge in [0.1, 0.15) is 5.54 Å². The summed E-state index contributed by atoms with van der Waals surface area (Å²) in [4.78, 5) is 19.5. The van der Waals surface area contributed by atoms with E-state index in [1.807, 2.05) is 0 Å². The van der Waals surface area contributed by atoms with Crippen molar-refractivity contribution in [1.82, 2.24) is 4.90 Å². The van der Waals surface area contributed by atoms with Gasteiger partial charge in [0.25, 0.3) is 5.91 Å². The van der Waals surface area contributed by atoms with E-state index < -0.39 is 5.54 Å². The lowest BCUT2D eigenvalue weighted by molar-refractivity contribution is -0.131. The van der Waals surface area contributed by atoms with Crippen molar-refractivity contribution in [3.05, 3.63) is 0 Å². The second-order valence-corrected chi connectivity index (χ2v) is 9.38. The van der Waals surface area contributed by atoms with Crippen molar-refractivity contribution >= 4 is 11.9 Å². The van der Waals surface area contributed by atoms with E-state index in [4.69, 9.17) is 15.8 Å². The zero-order chi connectivity index (χ0) is 19.3. The number of amides is 1. The highest BCUT2D eigenvalue weighted by atomic mass is 16.2. The molecule has 0 aromatic rings. The van der Waals surface area contributed by atoms with E-state index in [2.05, 4.69) is 0 Å². The van der Waals surface area contributed by atoms with Gasteiger partial charge in [-0.15, -0.1) is 0 Å². The van der Waals surface area contributed by atoms with Crippen LogP contribution in [0.5, 0.6) is 0 Å². The fraction of sp³-hybridized carbons (Fsp3) is 0.909. The summed E-state index contributed by atoms with van der Waals surface area (Å²) in [6.45, 7) is 0.288. The molecule has 2 aliphatic carbocycles. The highest BCUT2D eigenvalue weighted by molar-refractivity contribution is 6.06. The highest BCUT2D eigenvalue weighted by Crippen LogP contribution is 2.42. The van der Waals surface area contributed by atoms with Crippen LogP contribution in [0.3, 0.4) is 0 Å². The molecular weight excluding hydrogens is 338 g/mol. The number of aliphatic imine (C=N–C) groups is 1. The summed E-state index contributed by atoms with van der Waals surface area (Å²) in [5.41, 5.74) is 5.47. The number of likely N-dealkylation sites (N-methyl/N-ethyl adjacent to an activating group) is 1. The first-order valence-electron chi connectivity index (χ1n) is 11.3. The topological polar surface area (TPSA) is 78.9 Å². The second-order valence-electron chi connectivity index (χ2n) is 9.38. The van der Waals surface area contributed by atoms with Gasteiger partial charge >= 0.3 is 0 Å². The Morgan fingerprint density at radius 1 is 1.07 bits per heavy atom. The van der Waals surface area contributed by atoms with Crippen LogP contribution in [0.1, 0.15) is 89.9 Å². The Morgan fingerprint density at radius 3 is 2.44 bits per heavy atom. The predicted molar refractivity (Wildman–Crippen MR) is 109 cm³/mol. The molecular formula is C22H39N3O2. The molecule has 27 heavy (non-hydrogen) atoms. The number of guanidine groups is 1. The third-order valence-corrected chi connectivity index (χ3v) is 7.35. The minimum atomic E-state index is -0.611. The van der Waals surface area contributed by atoms with Crippen molar-refractivity contribution in [2.45, 2.75) is 95.4 Å². The lowest BCUT2D eigenvalue weighted by Gasteiger charge is -2.35. The second kappa shape index (κ2) is 9.40. The van der Waals surface area contributed by atoms with E-state index in [9.17, 15) is 4.79 Å². The Hall–Kier alpha value is -1.10. The van der Waals surface area contributed by atoms with Gasteiger partial charge in [-0.25, -0.2) is 4.99 Å². The molecule has 0 bridgehead atoms. The number of carbonyl (C=O) groups excluding carboxylic acids is 1. The Bertz CT molecular complexity index is 530. The normalized spacial score (nSPS) is 32.7. The molecule has 0 aromatic carbocycles. The van der Waals surface area contributed by atoms with Gasteiger partial charge in [-0.05, 0) is 56.3 Å². The molecule has 3 rings (SSSR count). The number of hydrogen-bond donors (Lipinski definition) is 2. The number of aliphatic hydroxyl groups is 1. The van der Waals surface area contributed by atoms with Gasteiger partial charge in [0.15, 0.2) is 5.96 Å². The third-order valence-electron chi connectivity index (χ3n) is 7.35. The maximum atomic E-state index is 13.1. The van der Waals surface area contributed by atoms with Gasteiger partial charge in [-0.2, -0.15) is 0 Å². The van der Waals surface area contributed by atoms with Gasteiger partial charge in [-0.1, -0.05) is 51.4 Å². The van der Waals surface area contributed by atoms with Crippen molar-refractivity contribution in [3.63, 3.8) is 0 Å². The molecule has 0 unspecified atom stereocenters. The molecule has 0 radical (unpaired) electrons. The van der Waals surface area contributed by atoms with E-state index in [-0.39, 0.29) is 12.5 Å². The van der Waals surface area contributed by atoms with Gasteiger partial charge < -0.3 is 10.8 Å². The number of nitrogens with zero attached hydrogens (tertiary/aromatic N) is 2. The number of carbonyl (C=O) groups is 1. The van der Waals surface area contributed by atoms with Crippen LogP contribution in [-0.2, 0) is 4.79 Å². The van der Waals surface area contributed by atoms with Crippen LogP contribution in [-0.4, -0.2) is 41.1 Å². The molecule has 0 saturated heterocycles. The fourth-order valence-corrected chi connectivity index (χ4v) is 5.78. The summed E-state index contributed by atoms with van der Waals surface area (Å²) in [5.74, 6) is 2.53. The van der Waals surface area contributed by atoms with Crippen molar-refractivity contribution < 1.29 is 9.90 Å². The molecule has 3 aliphatic rings. The molecule has 3 N–H and O–H groups in total. The van der Waals surface area contributed by atoms with Crippen molar-refractivity contribution in [2.24, 2.45) is 28.5 Å². The molecule has 1 heterocycles. The van der Waals surface area contributed by atoms with Crippen LogP contribution in [0, 0.1) is 17.8 Å². The Labute approximate surface area is 164 Å². The zero-order valence-electron chi connectivity index (χ0n) is 17.2. The Morgan fingerprint density at radius 2 is 1.78 bits per heavy atom. The summed E-state index contributed by atoms with van der Waals surface area (Å²) >= 11 is 0. The molecule has 3 atom stereocenters. The maximum Gasteiger partial charge on any atom is 0.257 e. The summed E-state index contributed by atoms with van der Waals surface area (Å²) in [6.07, 6.45) is 16.4. The predicted octanol–water partition coefficient (Wildman–Crippen LogP) is 3.84. The molecule has 2 fully saturated rings. The molecule has 2 saturated carbocycles. The van der Waals surface area contributed by atoms with Crippen LogP contribution in [0.4, 0.5) is 0 Å². The van der Waals surface area contributed by atoms with Crippen LogP contribution in [0.25, 0.3) is 0 Å². The fourth-order valence-electron chi connectivity index (χ4n) is 5.78. The van der Waals surface area contributed by atoms with E-state index in [1.54, 1.807) is 11.9 Å². The molecule has 0 aromatic heterocycles. The number of aliphatic hydroxyl groups excluding tert-OH is 1. The summed E-state index contributed by atoms with van der Waals surface area (Å²) in [6, 6.07) is 0. The van der Waals surface area contributed by atoms with Gasteiger partial charge in [0.05, 0.1) is 0 Å². The van der Waals surface area contributed by atoms with Crippen LogP contribution in [0.2, 0.25) is 0 Å². The molecule has 1 aliphatic heterocycles. The Balaban J connectivity index is 1.66. The van der Waals surface area contributed by atoms with E-state index in [1.165, 1.54) is 57.8 Å². The third kappa shape index (κ3) is 5.04. The van der Waals surface area contributed by atoms with Crippen LogP contribution in [0.15, 0.2) is 4.99 Å². The lowest BCUT2D eigenvalue weighted by atomic mass is 9.72. The molecule has 5 nitrogen and oxygen atoms in total. The summed E-state index contributed by atoms with van der Waals surface area (Å²) < 4.78 is 0. The highest BCUT2D eigenvalue weighted by Gasteiger charge is 2.47. The molecule has 5 heteroatoms. The average molecular weight is 378 g/mol.